The molecule has 1 aliphatic carbocycles. The fourth-order valence-electron chi connectivity index (χ4n) is 2.50. The van der Waals surface area contributed by atoms with Gasteiger partial charge in [0, 0.05) is 25.9 Å². The summed E-state index contributed by atoms with van der Waals surface area (Å²) in [5.74, 6) is 0.773. The summed E-state index contributed by atoms with van der Waals surface area (Å²) in [6.07, 6.45) is 6.80. The van der Waals surface area contributed by atoms with Gasteiger partial charge in [-0.05, 0) is 18.8 Å². The minimum Gasteiger partial charge on any atom is -0.409 e. The number of amidine groups is 1. The molecule has 0 aliphatic heterocycles. The van der Waals surface area contributed by atoms with E-state index in [-0.39, 0.29) is 17.7 Å². The molecule has 0 bridgehead atoms. The van der Waals surface area contributed by atoms with E-state index in [2.05, 4.69) is 5.16 Å². The Hall–Kier alpha value is -1.26. The van der Waals surface area contributed by atoms with Crippen molar-refractivity contribution in [1.82, 2.24) is 4.90 Å². The number of carbonyl (C=O) groups is 1. The number of oxime groups is 1. The fourth-order valence-corrected chi connectivity index (χ4v) is 2.50. The number of amides is 1. The number of carbonyl (C=O) groups excluding carboxylic acids is 1. The summed E-state index contributed by atoms with van der Waals surface area (Å²) in [5, 5.41) is 11.6. The first-order valence-corrected chi connectivity index (χ1v) is 6.76. The Kier molecular flexibility index (Phi) is 5.95. The topological polar surface area (TPSA) is 78.9 Å². The Morgan fingerprint density at radius 3 is 2.61 bits per heavy atom. The lowest BCUT2D eigenvalue weighted by Crippen LogP contribution is -2.37. The SMILES string of the molecule is CC(CN(C)C(=O)CC1CCCCC1)/C(N)=N/O. The Morgan fingerprint density at radius 1 is 1.44 bits per heavy atom. The van der Waals surface area contributed by atoms with Crippen molar-refractivity contribution in [3.05, 3.63) is 0 Å². The maximum Gasteiger partial charge on any atom is 0.222 e. The van der Waals surface area contributed by atoms with Crippen molar-refractivity contribution in [3.8, 4) is 0 Å². The number of hydrogen-bond donors (Lipinski definition) is 2. The molecule has 5 heteroatoms. The van der Waals surface area contributed by atoms with Gasteiger partial charge in [0.05, 0.1) is 0 Å². The van der Waals surface area contributed by atoms with Crippen molar-refractivity contribution in [2.45, 2.75) is 45.4 Å². The van der Waals surface area contributed by atoms with Gasteiger partial charge in [0.1, 0.15) is 5.84 Å². The van der Waals surface area contributed by atoms with Crippen LogP contribution in [0.2, 0.25) is 0 Å². The first-order valence-electron chi connectivity index (χ1n) is 6.76. The first-order chi connectivity index (χ1) is 8.54. The van der Waals surface area contributed by atoms with Crippen molar-refractivity contribution < 1.29 is 10.0 Å². The van der Waals surface area contributed by atoms with Gasteiger partial charge in [0.15, 0.2) is 0 Å². The van der Waals surface area contributed by atoms with Crippen LogP contribution in [0.15, 0.2) is 5.16 Å². The molecule has 1 rings (SSSR count). The Balaban J connectivity index is 2.36. The van der Waals surface area contributed by atoms with Crippen LogP contribution in [0.1, 0.15) is 45.4 Å². The summed E-state index contributed by atoms with van der Waals surface area (Å²) >= 11 is 0. The maximum absolute atomic E-state index is 12.0. The highest BCUT2D eigenvalue weighted by molar-refractivity contribution is 5.83. The second kappa shape index (κ2) is 7.24. The largest absolute Gasteiger partial charge is 0.409 e. The second-order valence-corrected chi connectivity index (χ2v) is 5.41. The summed E-state index contributed by atoms with van der Waals surface area (Å²) in [7, 11) is 1.78. The normalized spacial score (nSPS) is 19.6. The molecule has 1 amide bonds. The molecule has 3 N–H and O–H groups in total. The average molecular weight is 255 g/mol. The number of rotatable bonds is 5. The predicted octanol–water partition coefficient (Wildman–Crippen LogP) is 1.80. The molecule has 0 aromatic heterocycles. The molecule has 0 aromatic carbocycles. The van der Waals surface area contributed by atoms with Crippen LogP contribution >= 0.6 is 0 Å². The zero-order valence-electron chi connectivity index (χ0n) is 11.4. The second-order valence-electron chi connectivity index (χ2n) is 5.41. The molecule has 0 aromatic rings. The van der Waals surface area contributed by atoms with E-state index in [0.717, 1.165) is 0 Å². The molecule has 5 nitrogen and oxygen atoms in total. The van der Waals surface area contributed by atoms with Crippen molar-refractivity contribution in [1.29, 1.82) is 0 Å². The van der Waals surface area contributed by atoms with Gasteiger partial charge < -0.3 is 15.8 Å². The van der Waals surface area contributed by atoms with E-state index in [1.54, 1.807) is 11.9 Å². The van der Waals surface area contributed by atoms with Crippen LogP contribution in [0, 0.1) is 11.8 Å². The molecule has 104 valence electrons. The van der Waals surface area contributed by atoms with Gasteiger partial charge in [-0.1, -0.05) is 31.3 Å². The maximum atomic E-state index is 12.0. The Bertz CT molecular complexity index is 299. The monoisotopic (exact) mass is 255 g/mol. The summed E-state index contributed by atoms with van der Waals surface area (Å²) in [5.41, 5.74) is 5.51. The highest BCUT2D eigenvalue weighted by Gasteiger charge is 2.21. The molecule has 0 heterocycles. The van der Waals surface area contributed by atoms with Gasteiger partial charge in [-0.25, -0.2) is 0 Å². The molecule has 1 aliphatic rings. The van der Waals surface area contributed by atoms with E-state index in [9.17, 15) is 4.79 Å². The van der Waals surface area contributed by atoms with Gasteiger partial charge in [-0.15, -0.1) is 0 Å². The molecule has 1 unspecified atom stereocenters. The third-order valence-corrected chi connectivity index (χ3v) is 3.78. The smallest absolute Gasteiger partial charge is 0.222 e. The van der Waals surface area contributed by atoms with Crippen LogP contribution in [0.25, 0.3) is 0 Å². The van der Waals surface area contributed by atoms with Crippen molar-refractivity contribution >= 4 is 11.7 Å². The molecular formula is C13H25N3O2. The van der Waals surface area contributed by atoms with Gasteiger partial charge in [0.2, 0.25) is 5.91 Å². The van der Waals surface area contributed by atoms with Crippen molar-refractivity contribution in [3.63, 3.8) is 0 Å². The third-order valence-electron chi connectivity index (χ3n) is 3.78. The molecule has 1 fully saturated rings. The Morgan fingerprint density at radius 2 is 2.06 bits per heavy atom. The highest BCUT2D eigenvalue weighted by Crippen LogP contribution is 2.26. The van der Waals surface area contributed by atoms with Gasteiger partial charge in [-0.3, -0.25) is 4.79 Å². The predicted molar refractivity (Wildman–Crippen MR) is 71.4 cm³/mol. The van der Waals surface area contributed by atoms with Crippen LogP contribution in [0.5, 0.6) is 0 Å². The van der Waals surface area contributed by atoms with Gasteiger partial charge in [-0.2, -0.15) is 0 Å². The summed E-state index contributed by atoms with van der Waals surface area (Å²) < 4.78 is 0. The fraction of sp³-hybridized carbons (Fsp3) is 0.846. The molecule has 0 spiro atoms. The van der Waals surface area contributed by atoms with Gasteiger partial charge in [0.25, 0.3) is 0 Å². The molecule has 18 heavy (non-hydrogen) atoms. The van der Waals surface area contributed by atoms with E-state index in [1.807, 2.05) is 6.92 Å². The Labute approximate surface area is 109 Å². The molecule has 1 saturated carbocycles. The van der Waals surface area contributed by atoms with E-state index in [4.69, 9.17) is 10.9 Å². The molecule has 0 radical (unpaired) electrons. The van der Waals surface area contributed by atoms with Crippen LogP contribution < -0.4 is 5.73 Å². The minimum atomic E-state index is -0.115. The summed E-state index contributed by atoms with van der Waals surface area (Å²) in [6.45, 7) is 2.35. The standard InChI is InChI=1S/C13H25N3O2/c1-10(13(14)15-18)9-16(2)12(17)8-11-6-4-3-5-7-11/h10-11,18H,3-9H2,1-2H3,(H2,14,15). The summed E-state index contributed by atoms with van der Waals surface area (Å²) in [4.78, 5) is 13.7. The quantitative estimate of drug-likeness (QED) is 0.340. The average Bonchev–Trinajstić information content (AvgIpc) is 2.38. The lowest BCUT2D eigenvalue weighted by molar-refractivity contribution is -0.131. The number of nitrogens with zero attached hydrogens (tertiary/aromatic N) is 2. The lowest BCUT2D eigenvalue weighted by Gasteiger charge is -2.25. The van der Waals surface area contributed by atoms with E-state index < -0.39 is 0 Å². The van der Waals surface area contributed by atoms with Crippen LogP contribution in [-0.2, 0) is 4.79 Å². The summed E-state index contributed by atoms with van der Waals surface area (Å²) in [6, 6.07) is 0. The zero-order chi connectivity index (χ0) is 13.5. The minimum absolute atomic E-state index is 0.115. The zero-order valence-corrected chi connectivity index (χ0v) is 11.4. The van der Waals surface area contributed by atoms with E-state index in [0.29, 0.717) is 18.9 Å². The first kappa shape index (κ1) is 14.8. The molecular weight excluding hydrogens is 230 g/mol. The number of hydrogen-bond acceptors (Lipinski definition) is 3. The van der Waals surface area contributed by atoms with Crippen LogP contribution in [-0.4, -0.2) is 35.4 Å². The van der Waals surface area contributed by atoms with E-state index >= 15 is 0 Å². The van der Waals surface area contributed by atoms with Crippen LogP contribution in [0.3, 0.4) is 0 Å². The van der Waals surface area contributed by atoms with Crippen LogP contribution in [0.4, 0.5) is 0 Å². The van der Waals surface area contributed by atoms with E-state index in [1.165, 1.54) is 32.1 Å². The number of nitrogens with two attached hydrogens (primary N) is 1. The molecule has 0 saturated heterocycles. The van der Waals surface area contributed by atoms with Crippen molar-refractivity contribution in [2.24, 2.45) is 22.7 Å². The highest BCUT2D eigenvalue weighted by atomic mass is 16.4. The van der Waals surface area contributed by atoms with Gasteiger partial charge >= 0.3 is 0 Å². The van der Waals surface area contributed by atoms with Crippen molar-refractivity contribution in [2.75, 3.05) is 13.6 Å². The third kappa shape index (κ3) is 4.55. The lowest BCUT2D eigenvalue weighted by atomic mass is 9.86. The molecule has 1 atom stereocenters.